The number of benzene rings is 3. The van der Waals surface area contributed by atoms with Crippen molar-refractivity contribution in [1.82, 2.24) is 4.90 Å². The van der Waals surface area contributed by atoms with E-state index in [1.807, 2.05) is 31.2 Å². The minimum Gasteiger partial charge on any atom is -0.508 e. The van der Waals surface area contributed by atoms with Crippen LogP contribution < -0.4 is 9.47 Å². The van der Waals surface area contributed by atoms with Gasteiger partial charge in [0.1, 0.15) is 46.4 Å². The first-order chi connectivity index (χ1) is 18.7. The molecule has 0 amide bonds. The molecule has 0 aromatic heterocycles. The minimum absolute atomic E-state index is 0.00528. The van der Waals surface area contributed by atoms with Crippen LogP contribution in [0, 0.1) is 5.92 Å². The van der Waals surface area contributed by atoms with E-state index in [1.54, 1.807) is 30.3 Å². The number of thiol groups is 1. The van der Waals surface area contributed by atoms with Crippen LogP contribution in [0.5, 0.6) is 23.0 Å². The van der Waals surface area contributed by atoms with Crippen LogP contribution in [0.4, 0.5) is 0 Å². The van der Waals surface area contributed by atoms with Gasteiger partial charge in [-0.05, 0) is 97.5 Å². The number of hydrogen-bond acceptors (Lipinski definition) is 7. The van der Waals surface area contributed by atoms with Gasteiger partial charge in [0, 0.05) is 23.7 Å². The molecule has 3 aromatic carbocycles. The maximum absolute atomic E-state index is 11.7. The summed E-state index contributed by atoms with van der Waals surface area (Å²) in [6.07, 6.45) is 0.695. The summed E-state index contributed by atoms with van der Waals surface area (Å²) in [7, 11) is -2.72. The minimum atomic E-state index is -2.72. The van der Waals surface area contributed by atoms with Crippen molar-refractivity contribution in [1.29, 1.82) is 0 Å². The number of nitrogens with zero attached hydrogens (tertiary/aromatic N) is 1. The van der Waals surface area contributed by atoms with E-state index in [4.69, 9.17) is 9.47 Å². The zero-order chi connectivity index (χ0) is 27.7. The lowest BCUT2D eigenvalue weighted by molar-refractivity contribution is 0.169. The molecule has 1 unspecified atom stereocenters. The van der Waals surface area contributed by atoms with Gasteiger partial charge >= 0.3 is 0 Å². The number of aromatic hydroxyl groups is 2. The van der Waals surface area contributed by atoms with Gasteiger partial charge in [-0.15, -0.1) is 0 Å². The fourth-order valence-corrected chi connectivity index (χ4v) is 6.10. The molecule has 1 fully saturated rings. The highest BCUT2D eigenvalue weighted by molar-refractivity contribution is 7.71. The fourth-order valence-electron chi connectivity index (χ4n) is 5.56. The van der Waals surface area contributed by atoms with Gasteiger partial charge in [-0.2, -0.15) is 0 Å². The number of hydrogen-bond donors (Lipinski definition) is 3. The Morgan fingerprint density at radius 1 is 1.03 bits per heavy atom. The van der Waals surface area contributed by atoms with Gasteiger partial charge < -0.3 is 19.7 Å². The Morgan fingerprint density at radius 2 is 1.74 bits per heavy atom. The van der Waals surface area contributed by atoms with Crippen LogP contribution in [0.3, 0.4) is 0 Å². The molecule has 0 radical (unpaired) electrons. The van der Waals surface area contributed by atoms with Crippen LogP contribution in [-0.4, -0.2) is 49.3 Å². The van der Waals surface area contributed by atoms with Crippen LogP contribution in [0.2, 0.25) is 0 Å². The summed E-state index contributed by atoms with van der Waals surface area (Å²) in [4.78, 5) is 2.47. The standard InChI is InChI=1S/C31H35NO6S/c1-19-12-13-32(16-19)20(2)17-37-26-8-4-22(5-9-26)31-30(21(3)28-15-25(34)7-11-29(28)38-31)27-10-6-24(33)14-23(27)18-39(35)36/h4-11,14-15,19-20,31,33-34,39H,12-13,16-18H2,1-3H3/t19-,20+,31?/m1/s1. The smallest absolute Gasteiger partial charge is 0.150 e. The van der Waals surface area contributed by atoms with Crippen LogP contribution in [0.15, 0.2) is 60.7 Å². The molecule has 8 heteroatoms. The monoisotopic (exact) mass is 549 g/mol. The molecule has 39 heavy (non-hydrogen) atoms. The highest BCUT2D eigenvalue weighted by atomic mass is 32.2. The molecule has 7 nitrogen and oxygen atoms in total. The highest BCUT2D eigenvalue weighted by Gasteiger charge is 2.31. The van der Waals surface area contributed by atoms with Crippen molar-refractivity contribution in [2.75, 3.05) is 19.7 Å². The summed E-state index contributed by atoms with van der Waals surface area (Å²) in [6, 6.07) is 17.9. The molecule has 1 saturated heterocycles. The summed E-state index contributed by atoms with van der Waals surface area (Å²) in [5, 5.41) is 20.2. The molecule has 2 aliphatic heterocycles. The van der Waals surface area contributed by atoms with Gasteiger partial charge in [0.05, 0.1) is 5.75 Å². The van der Waals surface area contributed by atoms with Gasteiger partial charge in [0.15, 0.2) is 0 Å². The Kier molecular flexibility index (Phi) is 7.86. The Morgan fingerprint density at radius 3 is 2.44 bits per heavy atom. The lowest BCUT2D eigenvalue weighted by Gasteiger charge is -2.32. The largest absolute Gasteiger partial charge is 0.508 e. The van der Waals surface area contributed by atoms with Crippen molar-refractivity contribution >= 4 is 21.9 Å². The molecular weight excluding hydrogens is 514 g/mol. The second-order valence-corrected chi connectivity index (χ2v) is 11.6. The number of rotatable bonds is 8. The first kappa shape index (κ1) is 27.1. The predicted molar refractivity (Wildman–Crippen MR) is 153 cm³/mol. The zero-order valence-electron chi connectivity index (χ0n) is 22.5. The molecule has 2 aliphatic rings. The molecule has 0 saturated carbocycles. The third-order valence-electron chi connectivity index (χ3n) is 7.71. The third kappa shape index (κ3) is 5.92. The molecule has 0 aliphatic carbocycles. The van der Waals surface area contributed by atoms with Gasteiger partial charge in [-0.3, -0.25) is 4.90 Å². The topological polar surface area (TPSA) is 96.3 Å². The number of phenolic OH excluding ortho intramolecular Hbond substituents is 2. The molecule has 0 bridgehead atoms. The molecule has 0 spiro atoms. The molecule has 3 aromatic rings. The van der Waals surface area contributed by atoms with Crippen molar-refractivity contribution in [2.45, 2.75) is 45.1 Å². The first-order valence-electron chi connectivity index (χ1n) is 13.3. The van der Waals surface area contributed by atoms with Gasteiger partial charge in [0.25, 0.3) is 0 Å². The SMILES string of the molecule is CC1=C(c2ccc(O)cc2C[SH](=O)=O)C(c2ccc(OC[C@H](C)N3CC[C@@H](C)C3)cc2)Oc2ccc(O)cc21. The van der Waals surface area contributed by atoms with E-state index in [2.05, 4.69) is 18.7 Å². The van der Waals surface area contributed by atoms with E-state index in [-0.39, 0.29) is 17.3 Å². The number of allylic oxidation sites excluding steroid dienone is 1. The van der Waals surface area contributed by atoms with E-state index in [0.29, 0.717) is 29.5 Å². The van der Waals surface area contributed by atoms with Crippen molar-refractivity contribution in [2.24, 2.45) is 5.92 Å². The quantitative estimate of drug-likeness (QED) is 0.325. The predicted octanol–water partition coefficient (Wildman–Crippen LogP) is 5.38. The van der Waals surface area contributed by atoms with Crippen LogP contribution >= 0.6 is 0 Å². The average Bonchev–Trinajstić information content (AvgIpc) is 3.34. The second-order valence-electron chi connectivity index (χ2n) is 10.7. The Balaban J connectivity index is 1.47. The van der Waals surface area contributed by atoms with Crippen LogP contribution in [-0.2, 0) is 16.5 Å². The van der Waals surface area contributed by atoms with Crippen molar-refractivity contribution in [3.63, 3.8) is 0 Å². The summed E-state index contributed by atoms with van der Waals surface area (Å²) in [5.74, 6) is 2.02. The molecule has 206 valence electrons. The molecule has 2 heterocycles. The molecule has 2 N–H and O–H groups in total. The molecule has 3 atom stereocenters. The maximum atomic E-state index is 11.7. The Labute approximate surface area is 231 Å². The van der Waals surface area contributed by atoms with Crippen LogP contribution in [0.25, 0.3) is 11.1 Å². The van der Waals surface area contributed by atoms with E-state index in [9.17, 15) is 18.6 Å². The number of likely N-dealkylation sites (tertiary alicyclic amines) is 1. The van der Waals surface area contributed by atoms with E-state index >= 15 is 0 Å². The summed E-state index contributed by atoms with van der Waals surface area (Å²) in [6.45, 7) is 9.24. The summed E-state index contributed by atoms with van der Waals surface area (Å²) < 4.78 is 36.0. The van der Waals surface area contributed by atoms with E-state index in [1.165, 1.54) is 12.5 Å². The maximum Gasteiger partial charge on any atom is 0.150 e. The average molecular weight is 550 g/mol. The number of ether oxygens (including phenoxy) is 2. The third-order valence-corrected chi connectivity index (χ3v) is 8.31. The number of phenols is 2. The zero-order valence-corrected chi connectivity index (χ0v) is 23.4. The number of fused-ring (bicyclic) bond motifs is 1. The Bertz CT molecular complexity index is 1450. The van der Waals surface area contributed by atoms with E-state index in [0.717, 1.165) is 47.0 Å². The highest BCUT2D eigenvalue weighted by Crippen LogP contribution is 2.48. The van der Waals surface area contributed by atoms with Crippen LogP contribution in [0.1, 0.15) is 55.5 Å². The van der Waals surface area contributed by atoms with Gasteiger partial charge in [-0.1, -0.05) is 25.1 Å². The molecule has 5 rings (SSSR count). The van der Waals surface area contributed by atoms with Gasteiger partial charge in [0.2, 0.25) is 0 Å². The van der Waals surface area contributed by atoms with Crippen molar-refractivity contribution in [3.05, 3.63) is 82.9 Å². The lowest BCUT2D eigenvalue weighted by Crippen LogP contribution is -2.35. The summed E-state index contributed by atoms with van der Waals surface area (Å²) >= 11 is 0. The first-order valence-corrected chi connectivity index (χ1v) is 14.7. The van der Waals surface area contributed by atoms with Gasteiger partial charge in [-0.25, -0.2) is 8.42 Å². The summed E-state index contributed by atoms with van der Waals surface area (Å²) in [5.41, 5.74) is 4.42. The van der Waals surface area contributed by atoms with Crippen molar-refractivity contribution in [3.8, 4) is 23.0 Å². The van der Waals surface area contributed by atoms with E-state index < -0.39 is 16.8 Å². The fraction of sp³-hybridized carbons (Fsp3) is 0.355. The lowest BCUT2D eigenvalue weighted by atomic mass is 9.84. The normalized spacial score (nSPS) is 20.1. The Hall–Kier alpha value is -3.49. The van der Waals surface area contributed by atoms with Crippen molar-refractivity contribution < 1.29 is 28.1 Å². The molecular formula is C31H35NO6S. The second kappa shape index (κ2) is 11.3.